The molecule has 4 heteroatoms. The lowest BCUT2D eigenvalue weighted by Crippen LogP contribution is -2.34. The fourth-order valence-electron chi connectivity index (χ4n) is 1.53. The van der Waals surface area contributed by atoms with E-state index in [-0.39, 0.29) is 18.6 Å². The smallest absolute Gasteiger partial charge is 0.258 e. The Balaban J connectivity index is 2.46. The Labute approximate surface area is 108 Å². The van der Waals surface area contributed by atoms with E-state index < -0.39 is 6.10 Å². The molecule has 100 valence electrons. The summed E-state index contributed by atoms with van der Waals surface area (Å²) >= 11 is 0. The van der Waals surface area contributed by atoms with Crippen LogP contribution in [0.25, 0.3) is 0 Å². The summed E-state index contributed by atoms with van der Waals surface area (Å²) in [5.41, 5.74) is 0.858. The maximum atomic E-state index is 11.4. The molecule has 1 amide bonds. The monoisotopic (exact) mass is 251 g/mol. The Morgan fingerprint density at radius 2 is 1.94 bits per heavy atom. The molecule has 18 heavy (non-hydrogen) atoms. The third kappa shape index (κ3) is 4.75. The van der Waals surface area contributed by atoms with E-state index in [1.54, 1.807) is 12.1 Å². The second-order valence-electron chi connectivity index (χ2n) is 4.50. The Morgan fingerprint density at radius 3 is 2.44 bits per heavy atom. The van der Waals surface area contributed by atoms with Crippen molar-refractivity contribution >= 4 is 5.91 Å². The highest BCUT2D eigenvalue weighted by Gasteiger charge is 2.06. The number of ether oxygens (including phenoxy) is 1. The molecule has 0 aliphatic carbocycles. The van der Waals surface area contributed by atoms with Gasteiger partial charge in [0.15, 0.2) is 6.61 Å². The van der Waals surface area contributed by atoms with Gasteiger partial charge in [0.05, 0.1) is 6.10 Å². The lowest BCUT2D eigenvalue weighted by Gasteiger charge is -2.11. The van der Waals surface area contributed by atoms with E-state index in [9.17, 15) is 9.90 Å². The van der Waals surface area contributed by atoms with Crippen LogP contribution >= 0.6 is 0 Å². The molecule has 1 atom stereocenters. The normalized spacial score (nSPS) is 12.3. The van der Waals surface area contributed by atoms with E-state index in [0.29, 0.717) is 12.2 Å². The fourth-order valence-corrected chi connectivity index (χ4v) is 1.53. The van der Waals surface area contributed by atoms with E-state index in [4.69, 9.17) is 4.74 Å². The Morgan fingerprint density at radius 1 is 1.33 bits per heavy atom. The number of carbonyl (C=O) groups is 1. The molecule has 0 aromatic heterocycles. The molecule has 0 bridgehead atoms. The molecular weight excluding hydrogens is 230 g/mol. The molecule has 0 spiro atoms. The topological polar surface area (TPSA) is 58.6 Å². The number of amides is 1. The number of benzene rings is 1. The van der Waals surface area contributed by atoms with Crippen molar-refractivity contribution in [3.63, 3.8) is 0 Å². The van der Waals surface area contributed by atoms with Crippen molar-refractivity contribution in [1.82, 2.24) is 5.32 Å². The zero-order valence-electron chi connectivity index (χ0n) is 11.1. The number of aliphatic hydroxyl groups excluding tert-OH is 1. The zero-order chi connectivity index (χ0) is 13.5. The number of rotatable bonds is 6. The largest absolute Gasteiger partial charge is 0.484 e. The number of nitrogens with one attached hydrogen (secondary N) is 1. The van der Waals surface area contributed by atoms with Gasteiger partial charge < -0.3 is 15.2 Å². The minimum atomic E-state index is -0.441. The van der Waals surface area contributed by atoms with Crippen LogP contribution in [0.4, 0.5) is 0 Å². The van der Waals surface area contributed by atoms with Crippen LogP contribution in [0.2, 0.25) is 0 Å². The van der Waals surface area contributed by atoms with Gasteiger partial charge in [-0.25, -0.2) is 0 Å². The SMILES string of the molecule is CC[C@@H](O)c1ccc(OCC(=O)NC(C)C)cc1. The molecule has 4 nitrogen and oxygen atoms in total. The maximum absolute atomic E-state index is 11.4. The molecule has 0 unspecified atom stereocenters. The highest BCUT2D eigenvalue weighted by Crippen LogP contribution is 2.19. The predicted molar refractivity (Wildman–Crippen MR) is 70.5 cm³/mol. The van der Waals surface area contributed by atoms with Gasteiger partial charge in [-0.2, -0.15) is 0 Å². The molecule has 0 saturated carbocycles. The quantitative estimate of drug-likeness (QED) is 0.813. The first kappa shape index (κ1) is 14.5. The van der Waals surface area contributed by atoms with Gasteiger partial charge in [-0.1, -0.05) is 19.1 Å². The van der Waals surface area contributed by atoms with Gasteiger partial charge in [0, 0.05) is 6.04 Å². The third-order valence-electron chi connectivity index (χ3n) is 2.47. The Kier molecular flexibility index (Phi) is 5.65. The summed E-state index contributed by atoms with van der Waals surface area (Å²) in [6, 6.07) is 7.25. The molecule has 0 saturated heterocycles. The van der Waals surface area contributed by atoms with E-state index in [1.165, 1.54) is 0 Å². The van der Waals surface area contributed by atoms with Gasteiger partial charge in [0.1, 0.15) is 5.75 Å². The lowest BCUT2D eigenvalue weighted by molar-refractivity contribution is -0.123. The molecule has 0 fully saturated rings. The van der Waals surface area contributed by atoms with Gasteiger partial charge in [-0.15, -0.1) is 0 Å². The number of hydrogen-bond donors (Lipinski definition) is 2. The molecule has 0 heterocycles. The van der Waals surface area contributed by atoms with E-state index in [0.717, 1.165) is 5.56 Å². The van der Waals surface area contributed by atoms with Crippen molar-refractivity contribution in [3.05, 3.63) is 29.8 Å². The minimum Gasteiger partial charge on any atom is -0.484 e. The van der Waals surface area contributed by atoms with Crippen LogP contribution in [0.3, 0.4) is 0 Å². The molecule has 1 aromatic rings. The summed E-state index contributed by atoms with van der Waals surface area (Å²) in [5.74, 6) is 0.489. The van der Waals surface area contributed by atoms with Crippen LogP contribution in [0.1, 0.15) is 38.9 Å². The maximum Gasteiger partial charge on any atom is 0.258 e. The van der Waals surface area contributed by atoms with E-state index >= 15 is 0 Å². The van der Waals surface area contributed by atoms with Crippen LogP contribution in [0.5, 0.6) is 5.75 Å². The molecular formula is C14H21NO3. The molecule has 0 aliphatic heterocycles. The minimum absolute atomic E-state index is 0.00780. The third-order valence-corrected chi connectivity index (χ3v) is 2.47. The number of hydrogen-bond acceptors (Lipinski definition) is 3. The molecule has 0 aliphatic rings. The highest BCUT2D eigenvalue weighted by molar-refractivity contribution is 5.77. The summed E-state index contributed by atoms with van der Waals surface area (Å²) in [7, 11) is 0. The van der Waals surface area contributed by atoms with Gasteiger partial charge in [0.25, 0.3) is 5.91 Å². The van der Waals surface area contributed by atoms with Gasteiger partial charge in [-0.05, 0) is 38.0 Å². The molecule has 1 aromatic carbocycles. The number of carbonyl (C=O) groups excluding carboxylic acids is 1. The number of aliphatic hydroxyl groups is 1. The second-order valence-corrected chi connectivity index (χ2v) is 4.50. The average molecular weight is 251 g/mol. The van der Waals surface area contributed by atoms with Crippen LogP contribution < -0.4 is 10.1 Å². The summed E-state index contributed by atoms with van der Waals surface area (Å²) in [4.78, 5) is 11.4. The Hall–Kier alpha value is -1.55. The van der Waals surface area contributed by atoms with Crippen molar-refractivity contribution < 1.29 is 14.6 Å². The first-order valence-corrected chi connectivity index (χ1v) is 6.23. The second kappa shape index (κ2) is 7.01. The summed E-state index contributed by atoms with van der Waals surface area (Å²) < 4.78 is 5.34. The van der Waals surface area contributed by atoms with Crippen molar-refractivity contribution in [3.8, 4) is 5.75 Å². The van der Waals surface area contributed by atoms with Crippen LogP contribution in [0, 0.1) is 0 Å². The summed E-state index contributed by atoms with van der Waals surface area (Å²) in [6.07, 6.45) is 0.236. The summed E-state index contributed by atoms with van der Waals surface area (Å²) in [5, 5.41) is 12.4. The van der Waals surface area contributed by atoms with Crippen molar-refractivity contribution in [2.24, 2.45) is 0 Å². The summed E-state index contributed by atoms with van der Waals surface area (Å²) in [6.45, 7) is 5.73. The van der Waals surface area contributed by atoms with Crippen LogP contribution in [-0.2, 0) is 4.79 Å². The van der Waals surface area contributed by atoms with Crippen molar-refractivity contribution in [2.45, 2.75) is 39.3 Å². The standard InChI is InChI=1S/C14H21NO3/c1-4-13(16)11-5-7-12(8-6-11)18-9-14(17)15-10(2)3/h5-8,10,13,16H,4,9H2,1-3H3,(H,15,17)/t13-/m1/s1. The van der Waals surface area contributed by atoms with Gasteiger partial charge in [-0.3, -0.25) is 4.79 Å². The van der Waals surface area contributed by atoms with Gasteiger partial charge in [0.2, 0.25) is 0 Å². The van der Waals surface area contributed by atoms with Crippen LogP contribution in [-0.4, -0.2) is 23.7 Å². The zero-order valence-corrected chi connectivity index (χ0v) is 11.1. The molecule has 2 N–H and O–H groups in total. The molecule has 0 radical (unpaired) electrons. The van der Waals surface area contributed by atoms with E-state index in [1.807, 2.05) is 32.9 Å². The first-order chi connectivity index (χ1) is 8.52. The lowest BCUT2D eigenvalue weighted by atomic mass is 10.1. The molecule has 1 rings (SSSR count). The Bertz CT molecular complexity index is 373. The van der Waals surface area contributed by atoms with Crippen molar-refractivity contribution in [2.75, 3.05) is 6.61 Å². The van der Waals surface area contributed by atoms with Crippen molar-refractivity contribution in [1.29, 1.82) is 0 Å². The fraction of sp³-hybridized carbons (Fsp3) is 0.500. The highest BCUT2D eigenvalue weighted by atomic mass is 16.5. The van der Waals surface area contributed by atoms with Gasteiger partial charge >= 0.3 is 0 Å². The van der Waals surface area contributed by atoms with E-state index in [2.05, 4.69) is 5.32 Å². The first-order valence-electron chi connectivity index (χ1n) is 6.23. The van der Waals surface area contributed by atoms with Crippen LogP contribution in [0.15, 0.2) is 24.3 Å². The predicted octanol–water partition coefficient (Wildman–Crippen LogP) is 2.03. The average Bonchev–Trinajstić information content (AvgIpc) is 2.35.